The molecule has 472 valence electrons. The summed E-state index contributed by atoms with van der Waals surface area (Å²) in [7, 11) is 0. The number of aliphatic hydroxyl groups is 2. The van der Waals surface area contributed by atoms with Gasteiger partial charge in [0.15, 0.2) is 0 Å². The van der Waals surface area contributed by atoms with Gasteiger partial charge in [-0.15, -0.1) is 0 Å². The molecule has 1 aliphatic rings. The smallest absolute Gasteiger partial charge is 0.245 e. The maximum Gasteiger partial charge on any atom is 0.245 e. The molecule has 11 amide bonds. The summed E-state index contributed by atoms with van der Waals surface area (Å²) >= 11 is 0. The van der Waals surface area contributed by atoms with E-state index in [4.69, 9.17) is 28.7 Å². The molecule has 29 nitrogen and oxygen atoms in total. The van der Waals surface area contributed by atoms with Gasteiger partial charge in [0.25, 0.3) is 0 Å². The van der Waals surface area contributed by atoms with Gasteiger partial charge in [0.05, 0.1) is 12.2 Å². The Morgan fingerprint density at radius 1 is 0.537 bits per heavy atom. The monoisotopic (exact) mass is 1170 g/mol. The Hall–Kier alpha value is -6.11. The predicted molar refractivity (Wildman–Crippen MR) is 308 cm³/mol. The van der Waals surface area contributed by atoms with Crippen LogP contribution in [0, 0.1) is 17.8 Å². The van der Waals surface area contributed by atoms with Crippen molar-refractivity contribution in [2.75, 3.05) is 39.3 Å². The molecule has 29 heteroatoms. The highest BCUT2D eigenvalue weighted by Gasteiger charge is 2.37. The standard InChI is InChI=1S/C52H98N16O13.CH4/c1-9-29(6)11-10-12-40(71)59-32(13-19-53)47(76)68-42(31(8)70)52(81)64-35(16-22-56)44(73)63-37-18-24-58-51(80)41(30(7)69)67-48(77)36(17-23-57)61-43(72)33(14-20-54)62-49(78)38(25-27(2)3)66-50(79)39(26-28(4)5)65-45(74)34(15-21-55)60-46(37)75;/h27-39,41-42,69-70H,9-26,53-57H2,1-8H3,(H,58,80)(H,59,71)(H,60,75)(H,61,72)(H,62,78)(H,63,73)(H,64,81)(H,65,74)(H,66,79)(H,67,77)(H,68,76);1H4/t29?,30-,31-,32+,33+,34+,35+,36+,37+,38+,39-,41+,42+;/m1./s1. The normalized spacial score (nSPS) is 23.3. The largest absolute Gasteiger partial charge is 0.391 e. The number of nitrogens with two attached hydrogens (primary N) is 5. The van der Waals surface area contributed by atoms with Crippen LogP contribution < -0.4 is 87.2 Å². The molecule has 0 aromatic heterocycles. The van der Waals surface area contributed by atoms with Gasteiger partial charge in [0.2, 0.25) is 65.0 Å². The van der Waals surface area contributed by atoms with Crippen LogP contribution in [0.1, 0.15) is 140 Å². The SMILES string of the molecule is C.CCC(C)CCCC(=O)N[C@@H](CCN)C(=O)N[C@H](C(=O)N[C@@H](CCN)C(=O)N[C@H]1CCNC(=O)[C@H]([C@@H](C)O)NC(=O)[C@H](CCN)NC(=O)[C@H](CCN)NC(=O)[C@H](CC(C)C)NC(=O)[C@@H](CC(C)C)NC(=O)[C@H](CCN)NC1=O)[C@@H](C)O. The number of carbonyl (C=O) groups excluding carboxylic acids is 11. The van der Waals surface area contributed by atoms with E-state index in [-0.39, 0.29) is 103 Å². The fourth-order valence-electron chi connectivity index (χ4n) is 8.60. The van der Waals surface area contributed by atoms with Crippen LogP contribution in [0.4, 0.5) is 0 Å². The molecule has 0 spiro atoms. The first-order valence-electron chi connectivity index (χ1n) is 28.3. The van der Waals surface area contributed by atoms with Crippen LogP contribution >= 0.6 is 0 Å². The van der Waals surface area contributed by atoms with E-state index in [1.54, 1.807) is 27.7 Å². The molecular weight excluding hydrogens is 1070 g/mol. The Morgan fingerprint density at radius 2 is 0.963 bits per heavy atom. The van der Waals surface area contributed by atoms with E-state index in [0.717, 1.165) is 12.8 Å². The summed E-state index contributed by atoms with van der Waals surface area (Å²) in [5, 5.41) is 49.5. The van der Waals surface area contributed by atoms with Gasteiger partial charge in [-0.1, -0.05) is 61.8 Å². The van der Waals surface area contributed by atoms with E-state index in [0.29, 0.717) is 12.3 Å². The van der Waals surface area contributed by atoms with Crippen molar-refractivity contribution in [1.82, 2.24) is 58.5 Å². The zero-order chi connectivity index (χ0) is 61.5. The van der Waals surface area contributed by atoms with E-state index in [9.17, 15) is 63.0 Å². The lowest BCUT2D eigenvalue weighted by Gasteiger charge is -2.29. The summed E-state index contributed by atoms with van der Waals surface area (Å²) in [6.07, 6.45) is -1.79. The second-order valence-electron chi connectivity index (χ2n) is 21.6. The van der Waals surface area contributed by atoms with Crippen molar-refractivity contribution < 1.29 is 63.0 Å². The number of aliphatic hydroxyl groups excluding tert-OH is 2. The summed E-state index contributed by atoms with van der Waals surface area (Å²) < 4.78 is 0. The Bertz CT molecular complexity index is 2050. The number of hydrogen-bond donors (Lipinski definition) is 18. The average molecular weight is 1170 g/mol. The number of nitrogens with one attached hydrogen (secondary N) is 11. The van der Waals surface area contributed by atoms with Crippen LogP contribution in [0.15, 0.2) is 0 Å². The molecule has 0 aromatic rings. The van der Waals surface area contributed by atoms with E-state index >= 15 is 0 Å². The lowest BCUT2D eigenvalue weighted by atomic mass is 9.99. The highest BCUT2D eigenvalue weighted by molar-refractivity contribution is 5.99. The molecule has 82 heavy (non-hydrogen) atoms. The topological polar surface area (TPSA) is 491 Å². The number of rotatable bonds is 28. The third-order valence-electron chi connectivity index (χ3n) is 13.4. The van der Waals surface area contributed by atoms with Gasteiger partial charge in [0.1, 0.15) is 60.4 Å². The molecule has 1 fully saturated rings. The molecule has 1 rings (SSSR count). The summed E-state index contributed by atoms with van der Waals surface area (Å²) in [5.74, 6) is -9.60. The Balaban J connectivity index is 0.0000656. The number of carbonyl (C=O) groups is 11. The second-order valence-corrected chi connectivity index (χ2v) is 21.6. The minimum atomic E-state index is -1.69. The molecule has 0 radical (unpaired) electrons. The maximum atomic E-state index is 14.4. The summed E-state index contributed by atoms with van der Waals surface area (Å²) in [6.45, 7) is 12.5. The third-order valence-corrected chi connectivity index (χ3v) is 13.4. The summed E-state index contributed by atoms with van der Waals surface area (Å²) in [6, 6.07) is -14.5. The van der Waals surface area contributed by atoms with Gasteiger partial charge in [-0.05, 0) is 122 Å². The zero-order valence-electron chi connectivity index (χ0n) is 48.7. The predicted octanol–water partition coefficient (Wildman–Crippen LogP) is -5.20. The van der Waals surface area contributed by atoms with Crippen molar-refractivity contribution in [2.45, 2.75) is 212 Å². The van der Waals surface area contributed by atoms with Crippen molar-refractivity contribution in [3.05, 3.63) is 0 Å². The highest BCUT2D eigenvalue weighted by Crippen LogP contribution is 2.13. The number of amides is 11. The first kappa shape index (κ1) is 75.9. The van der Waals surface area contributed by atoms with Gasteiger partial charge in [-0.25, -0.2) is 0 Å². The van der Waals surface area contributed by atoms with Crippen molar-refractivity contribution in [1.29, 1.82) is 0 Å². The Morgan fingerprint density at radius 3 is 1.38 bits per heavy atom. The third kappa shape index (κ3) is 27.8. The fraction of sp³-hybridized carbons (Fsp3) is 0.792. The fourth-order valence-corrected chi connectivity index (χ4v) is 8.60. The quantitative estimate of drug-likeness (QED) is 0.0348. The Kier molecular flexibility index (Phi) is 37.2. The van der Waals surface area contributed by atoms with Crippen LogP contribution in [-0.2, 0) is 52.7 Å². The van der Waals surface area contributed by atoms with E-state index in [2.05, 4.69) is 65.4 Å². The molecule has 13 atom stereocenters. The van der Waals surface area contributed by atoms with Gasteiger partial charge < -0.3 is 97.4 Å². The second kappa shape index (κ2) is 40.2. The molecule has 0 aromatic carbocycles. The Labute approximate surface area is 483 Å². The minimum absolute atomic E-state index is 0. The maximum absolute atomic E-state index is 14.4. The molecule has 1 heterocycles. The van der Waals surface area contributed by atoms with Crippen molar-refractivity contribution in [3.8, 4) is 0 Å². The molecule has 1 aliphatic heterocycles. The zero-order valence-corrected chi connectivity index (χ0v) is 48.7. The van der Waals surface area contributed by atoms with Crippen LogP contribution in [0.25, 0.3) is 0 Å². The van der Waals surface area contributed by atoms with Crippen LogP contribution in [0.2, 0.25) is 0 Å². The van der Waals surface area contributed by atoms with Crippen LogP contribution in [-0.4, -0.2) is 187 Å². The van der Waals surface area contributed by atoms with Gasteiger partial charge in [-0.2, -0.15) is 0 Å². The van der Waals surface area contributed by atoms with Crippen molar-refractivity contribution in [3.63, 3.8) is 0 Å². The molecule has 0 saturated carbocycles. The van der Waals surface area contributed by atoms with Gasteiger partial charge >= 0.3 is 0 Å². The van der Waals surface area contributed by atoms with E-state index in [1.807, 2.05) is 6.92 Å². The minimum Gasteiger partial charge on any atom is -0.391 e. The molecule has 1 unspecified atom stereocenters. The molecule has 0 aliphatic carbocycles. The van der Waals surface area contributed by atoms with Gasteiger partial charge in [-0.3, -0.25) is 52.7 Å². The molecule has 0 bridgehead atoms. The lowest BCUT2D eigenvalue weighted by Crippen LogP contribution is -2.62. The summed E-state index contributed by atoms with van der Waals surface area (Å²) in [5.41, 5.74) is 29.2. The van der Waals surface area contributed by atoms with Gasteiger partial charge in [0, 0.05) is 13.0 Å². The molecular formula is C53H102N16O13. The van der Waals surface area contributed by atoms with Crippen molar-refractivity contribution in [2.24, 2.45) is 46.4 Å². The molecule has 1 saturated heterocycles. The number of hydrogen-bond acceptors (Lipinski definition) is 18. The van der Waals surface area contributed by atoms with Crippen LogP contribution in [0.3, 0.4) is 0 Å². The first-order chi connectivity index (χ1) is 38.2. The molecule has 23 N–H and O–H groups in total. The van der Waals surface area contributed by atoms with Crippen molar-refractivity contribution >= 4 is 65.0 Å². The average Bonchev–Trinajstić information content (AvgIpc) is 3.46. The van der Waals surface area contributed by atoms with Crippen LogP contribution in [0.5, 0.6) is 0 Å². The lowest BCUT2D eigenvalue weighted by molar-refractivity contribution is -0.137. The first-order valence-corrected chi connectivity index (χ1v) is 28.3. The highest BCUT2D eigenvalue weighted by atomic mass is 16.3. The summed E-state index contributed by atoms with van der Waals surface area (Å²) in [4.78, 5) is 153. The van der Waals surface area contributed by atoms with E-state index < -0.39 is 151 Å². The van der Waals surface area contributed by atoms with E-state index in [1.165, 1.54) is 13.8 Å².